The zero-order valence-corrected chi connectivity index (χ0v) is 14.8. The van der Waals surface area contributed by atoms with Crippen molar-refractivity contribution in [1.82, 2.24) is 10.2 Å². The van der Waals surface area contributed by atoms with Gasteiger partial charge in [-0.25, -0.2) is 0 Å². The summed E-state index contributed by atoms with van der Waals surface area (Å²) in [5.74, 6) is 1.86. The minimum Gasteiger partial charge on any atom is -0.493 e. The Labute approximate surface area is 138 Å². The fourth-order valence-corrected chi connectivity index (χ4v) is 3.39. The van der Waals surface area contributed by atoms with Crippen molar-refractivity contribution in [3.63, 3.8) is 0 Å². The smallest absolute Gasteiger partial charge is 0.164 e. The number of piperazine rings is 1. The Kier molecular flexibility index (Phi) is 6.36. The molecule has 1 N–H and O–H groups in total. The Bertz CT molecular complexity index is 500. The summed E-state index contributed by atoms with van der Waals surface area (Å²) in [6, 6.07) is 1.87. The van der Waals surface area contributed by atoms with Crippen LogP contribution in [0.1, 0.15) is 30.9 Å². The van der Waals surface area contributed by atoms with Crippen LogP contribution in [0.25, 0.3) is 0 Å². The maximum absolute atomic E-state index is 6.54. The first-order valence-corrected chi connectivity index (χ1v) is 8.32. The first-order valence-electron chi connectivity index (χ1n) is 7.94. The number of methoxy groups -OCH3 is 2. The lowest BCUT2D eigenvalue weighted by atomic mass is 9.93. The molecule has 124 valence electrons. The molecule has 1 fully saturated rings. The van der Waals surface area contributed by atoms with Gasteiger partial charge in [0, 0.05) is 49.4 Å². The maximum Gasteiger partial charge on any atom is 0.164 e. The maximum atomic E-state index is 6.54. The highest BCUT2D eigenvalue weighted by atomic mass is 35.5. The van der Waals surface area contributed by atoms with Crippen LogP contribution in [0, 0.1) is 0 Å². The van der Waals surface area contributed by atoms with Gasteiger partial charge in [0.25, 0.3) is 0 Å². The van der Waals surface area contributed by atoms with Crippen LogP contribution in [0.15, 0.2) is 6.07 Å². The number of nitrogens with one attached hydrogen (secondary N) is 1. The van der Waals surface area contributed by atoms with Crippen LogP contribution in [0.4, 0.5) is 0 Å². The molecule has 0 unspecified atom stereocenters. The molecule has 0 saturated carbocycles. The third kappa shape index (κ3) is 3.86. The van der Waals surface area contributed by atoms with Crippen molar-refractivity contribution in [2.45, 2.75) is 26.2 Å². The lowest BCUT2D eigenvalue weighted by Gasteiger charge is -2.28. The van der Waals surface area contributed by atoms with Gasteiger partial charge in [-0.15, -0.1) is 0 Å². The molecule has 1 aromatic carbocycles. The first kappa shape index (κ1) is 17.4. The molecule has 0 amide bonds. The minimum atomic E-state index is 0.334. The molecule has 22 heavy (non-hydrogen) atoms. The summed E-state index contributed by atoms with van der Waals surface area (Å²) in [6.07, 6.45) is 0.937. The van der Waals surface area contributed by atoms with Crippen LogP contribution in [0.5, 0.6) is 11.5 Å². The molecular weight excluding hydrogens is 300 g/mol. The SMILES string of the molecule is COc1cc(Cl)c(CCN2CCNCC2)c(C(C)C)c1OC. The number of rotatable bonds is 6. The van der Waals surface area contributed by atoms with Crippen molar-refractivity contribution in [2.24, 2.45) is 0 Å². The molecule has 1 aliphatic heterocycles. The van der Waals surface area contributed by atoms with E-state index < -0.39 is 0 Å². The Hall–Kier alpha value is -0.970. The Morgan fingerprint density at radius 2 is 1.91 bits per heavy atom. The second-order valence-corrected chi connectivity index (χ2v) is 6.39. The zero-order chi connectivity index (χ0) is 16.1. The van der Waals surface area contributed by atoms with Crippen molar-refractivity contribution in [2.75, 3.05) is 46.9 Å². The molecule has 1 saturated heterocycles. The van der Waals surface area contributed by atoms with E-state index in [1.54, 1.807) is 14.2 Å². The highest BCUT2D eigenvalue weighted by molar-refractivity contribution is 6.31. The zero-order valence-electron chi connectivity index (χ0n) is 14.0. The summed E-state index contributed by atoms with van der Waals surface area (Å²) >= 11 is 6.54. The summed E-state index contributed by atoms with van der Waals surface area (Å²) in [7, 11) is 3.34. The van der Waals surface area contributed by atoms with E-state index in [0.29, 0.717) is 11.7 Å². The van der Waals surface area contributed by atoms with Crippen LogP contribution in [0.3, 0.4) is 0 Å². The van der Waals surface area contributed by atoms with E-state index in [2.05, 4.69) is 24.1 Å². The molecule has 0 aliphatic carbocycles. The number of benzene rings is 1. The van der Waals surface area contributed by atoms with Crippen molar-refractivity contribution in [1.29, 1.82) is 0 Å². The van der Waals surface area contributed by atoms with Gasteiger partial charge in [-0.3, -0.25) is 0 Å². The van der Waals surface area contributed by atoms with Crippen molar-refractivity contribution >= 4 is 11.6 Å². The van der Waals surface area contributed by atoms with Crippen LogP contribution in [-0.2, 0) is 6.42 Å². The third-order valence-corrected chi connectivity index (χ3v) is 4.57. The van der Waals surface area contributed by atoms with Crippen LogP contribution in [0.2, 0.25) is 5.02 Å². The molecule has 4 nitrogen and oxygen atoms in total. The molecule has 0 aromatic heterocycles. The lowest BCUT2D eigenvalue weighted by molar-refractivity contribution is 0.243. The molecule has 1 heterocycles. The number of hydrogen-bond donors (Lipinski definition) is 1. The fraction of sp³-hybridized carbons (Fsp3) is 0.647. The van der Waals surface area contributed by atoms with Crippen LogP contribution >= 0.6 is 11.6 Å². The summed E-state index contributed by atoms with van der Waals surface area (Å²) in [4.78, 5) is 2.48. The van der Waals surface area contributed by atoms with Crippen molar-refractivity contribution in [3.8, 4) is 11.5 Å². The molecule has 5 heteroatoms. The van der Waals surface area contributed by atoms with Crippen molar-refractivity contribution < 1.29 is 9.47 Å². The average molecular weight is 327 g/mol. The summed E-state index contributed by atoms with van der Waals surface area (Å²) in [5, 5.41) is 4.16. The van der Waals surface area contributed by atoms with Gasteiger partial charge in [0.15, 0.2) is 11.5 Å². The van der Waals surface area contributed by atoms with Gasteiger partial charge in [0.2, 0.25) is 0 Å². The quantitative estimate of drug-likeness (QED) is 0.871. The highest BCUT2D eigenvalue weighted by Crippen LogP contribution is 2.42. The van der Waals surface area contributed by atoms with E-state index in [1.807, 2.05) is 6.07 Å². The normalized spacial score (nSPS) is 16.1. The molecule has 1 aromatic rings. The highest BCUT2D eigenvalue weighted by Gasteiger charge is 2.21. The standard InChI is InChI=1S/C17H27ClN2O2/c1-12(2)16-13(5-8-20-9-6-19-7-10-20)14(18)11-15(21-3)17(16)22-4/h11-12,19H,5-10H2,1-4H3. The Morgan fingerprint density at radius 3 is 2.45 bits per heavy atom. The van der Waals surface area contributed by atoms with E-state index >= 15 is 0 Å². The largest absolute Gasteiger partial charge is 0.493 e. The van der Waals surface area contributed by atoms with E-state index in [9.17, 15) is 0 Å². The number of nitrogens with zero attached hydrogens (tertiary/aromatic N) is 1. The second-order valence-electron chi connectivity index (χ2n) is 5.98. The molecule has 0 spiro atoms. The predicted octanol–water partition coefficient (Wildman–Crippen LogP) is 2.93. The van der Waals surface area contributed by atoms with E-state index in [0.717, 1.165) is 49.9 Å². The Balaban J connectivity index is 2.28. The molecule has 2 rings (SSSR count). The monoisotopic (exact) mass is 326 g/mol. The van der Waals surface area contributed by atoms with Gasteiger partial charge in [0.1, 0.15) is 0 Å². The molecule has 0 bridgehead atoms. The first-order chi connectivity index (χ1) is 10.6. The molecule has 0 atom stereocenters. The second kappa shape index (κ2) is 8.04. The minimum absolute atomic E-state index is 0.334. The van der Waals surface area contributed by atoms with Gasteiger partial charge in [0.05, 0.1) is 14.2 Å². The van der Waals surface area contributed by atoms with E-state index in [-0.39, 0.29) is 0 Å². The van der Waals surface area contributed by atoms with Crippen molar-refractivity contribution in [3.05, 3.63) is 22.2 Å². The lowest BCUT2D eigenvalue weighted by Crippen LogP contribution is -2.44. The van der Waals surface area contributed by atoms with Gasteiger partial charge in [-0.05, 0) is 17.9 Å². The Morgan fingerprint density at radius 1 is 1.23 bits per heavy atom. The summed E-state index contributed by atoms with van der Waals surface area (Å²) < 4.78 is 11.0. The number of ether oxygens (including phenoxy) is 2. The summed E-state index contributed by atoms with van der Waals surface area (Å²) in [5.41, 5.74) is 2.36. The predicted molar refractivity (Wildman–Crippen MR) is 91.7 cm³/mol. The van der Waals surface area contributed by atoms with E-state index in [1.165, 1.54) is 11.1 Å². The van der Waals surface area contributed by atoms with Gasteiger partial charge >= 0.3 is 0 Å². The molecule has 1 aliphatic rings. The van der Waals surface area contributed by atoms with Crippen LogP contribution < -0.4 is 14.8 Å². The van der Waals surface area contributed by atoms with Gasteiger partial charge < -0.3 is 19.7 Å². The number of hydrogen-bond acceptors (Lipinski definition) is 4. The van der Waals surface area contributed by atoms with Gasteiger partial charge in [-0.1, -0.05) is 25.4 Å². The van der Waals surface area contributed by atoms with Gasteiger partial charge in [-0.2, -0.15) is 0 Å². The molecule has 0 radical (unpaired) electrons. The fourth-order valence-electron chi connectivity index (χ4n) is 3.10. The number of halogens is 1. The molecular formula is C17H27ClN2O2. The van der Waals surface area contributed by atoms with Crippen LogP contribution in [-0.4, -0.2) is 51.8 Å². The third-order valence-electron chi connectivity index (χ3n) is 4.23. The average Bonchev–Trinajstić information content (AvgIpc) is 2.53. The summed E-state index contributed by atoms with van der Waals surface area (Å²) in [6.45, 7) is 9.69. The topological polar surface area (TPSA) is 33.7 Å². The van der Waals surface area contributed by atoms with E-state index in [4.69, 9.17) is 21.1 Å².